The van der Waals surface area contributed by atoms with Crippen LogP contribution in [0.5, 0.6) is 11.5 Å². The first kappa shape index (κ1) is 11.6. The number of Topliss-reactive ketones (excluding diaryl/α,β-unsaturated/α-hetero) is 1. The molecule has 0 aliphatic carbocycles. The highest BCUT2D eigenvalue weighted by Gasteiger charge is 2.18. The van der Waals surface area contributed by atoms with Crippen molar-refractivity contribution in [2.24, 2.45) is 0 Å². The van der Waals surface area contributed by atoms with Crippen LogP contribution in [0.25, 0.3) is 0 Å². The highest BCUT2D eigenvalue weighted by atomic mass is 35.5. The molecular formula is C11H10Cl2O3. The summed E-state index contributed by atoms with van der Waals surface area (Å²) in [5.74, 6) is 1.34. The molecule has 0 atom stereocenters. The average molecular weight is 261 g/mol. The van der Waals surface area contributed by atoms with Gasteiger partial charge < -0.3 is 9.47 Å². The van der Waals surface area contributed by atoms with Crippen molar-refractivity contribution in [3.05, 3.63) is 22.7 Å². The van der Waals surface area contributed by atoms with Crippen LogP contribution in [-0.2, 0) is 0 Å². The maximum Gasteiger partial charge on any atom is 0.165 e. The van der Waals surface area contributed by atoms with Crippen molar-refractivity contribution >= 4 is 29.0 Å². The molecule has 0 aromatic heterocycles. The number of carbonyl (C=O) groups is 1. The Hall–Kier alpha value is -0.930. The molecule has 0 saturated heterocycles. The summed E-state index contributed by atoms with van der Waals surface area (Å²) < 4.78 is 10.7. The fourth-order valence-corrected chi connectivity index (χ4v) is 1.93. The molecule has 0 N–H and O–H groups in total. The van der Waals surface area contributed by atoms with Crippen LogP contribution < -0.4 is 9.47 Å². The number of hydrogen-bond acceptors (Lipinski definition) is 3. The summed E-state index contributed by atoms with van der Waals surface area (Å²) in [5.41, 5.74) is 0.437. The summed E-state index contributed by atoms with van der Waals surface area (Å²) in [4.78, 5) is 11.7. The summed E-state index contributed by atoms with van der Waals surface area (Å²) in [7, 11) is 0. The van der Waals surface area contributed by atoms with Gasteiger partial charge in [0.25, 0.3) is 0 Å². The molecule has 0 saturated carbocycles. The molecule has 2 rings (SSSR count). The second kappa shape index (κ2) is 4.93. The zero-order valence-electron chi connectivity index (χ0n) is 8.46. The molecule has 5 heteroatoms. The van der Waals surface area contributed by atoms with E-state index >= 15 is 0 Å². The van der Waals surface area contributed by atoms with Crippen LogP contribution in [0.15, 0.2) is 12.1 Å². The lowest BCUT2D eigenvalue weighted by atomic mass is 10.1. The van der Waals surface area contributed by atoms with Gasteiger partial charge in [-0.05, 0) is 6.07 Å². The van der Waals surface area contributed by atoms with Crippen molar-refractivity contribution in [1.82, 2.24) is 0 Å². The topological polar surface area (TPSA) is 35.5 Å². The van der Waals surface area contributed by atoms with Crippen molar-refractivity contribution in [1.29, 1.82) is 0 Å². The molecule has 0 amide bonds. The number of carbonyl (C=O) groups excluding carboxylic acids is 1. The van der Waals surface area contributed by atoms with E-state index in [1.165, 1.54) is 0 Å². The largest absolute Gasteiger partial charge is 0.486 e. The highest BCUT2D eigenvalue weighted by Crippen LogP contribution is 2.35. The van der Waals surface area contributed by atoms with E-state index in [0.717, 1.165) is 0 Å². The van der Waals surface area contributed by atoms with Gasteiger partial charge in [0.1, 0.15) is 13.2 Å². The predicted molar refractivity (Wildman–Crippen MR) is 62.1 cm³/mol. The van der Waals surface area contributed by atoms with E-state index in [-0.39, 0.29) is 18.1 Å². The Bertz CT molecular complexity index is 418. The molecule has 1 aromatic carbocycles. The minimum Gasteiger partial charge on any atom is -0.486 e. The summed E-state index contributed by atoms with van der Waals surface area (Å²) in [6.07, 6.45) is 0.265. The standard InChI is InChI=1S/C11H10Cl2O3/c12-2-1-9(14)7-5-10-11(6-8(7)13)16-4-3-15-10/h5-6H,1-4H2. The SMILES string of the molecule is O=C(CCCl)c1cc2c(cc1Cl)OCCO2. The maximum absolute atomic E-state index is 11.7. The van der Waals surface area contributed by atoms with E-state index in [9.17, 15) is 4.79 Å². The van der Waals surface area contributed by atoms with Crippen LogP contribution in [0.3, 0.4) is 0 Å². The molecule has 0 radical (unpaired) electrons. The smallest absolute Gasteiger partial charge is 0.165 e. The summed E-state index contributed by atoms with van der Waals surface area (Å²) in [6.45, 7) is 0.982. The third kappa shape index (κ3) is 2.25. The Morgan fingerprint density at radius 2 is 1.88 bits per heavy atom. The second-order valence-electron chi connectivity index (χ2n) is 3.34. The lowest BCUT2D eigenvalue weighted by Gasteiger charge is -2.19. The molecule has 0 unspecified atom stereocenters. The summed E-state index contributed by atoms with van der Waals surface area (Å²) in [5, 5.41) is 0.374. The van der Waals surface area contributed by atoms with Crippen LogP contribution >= 0.6 is 23.2 Å². The fourth-order valence-electron chi connectivity index (χ4n) is 1.50. The van der Waals surface area contributed by atoms with E-state index in [1.54, 1.807) is 12.1 Å². The van der Waals surface area contributed by atoms with Crippen LogP contribution in [0.1, 0.15) is 16.8 Å². The lowest BCUT2D eigenvalue weighted by molar-refractivity contribution is 0.0988. The van der Waals surface area contributed by atoms with E-state index in [1.807, 2.05) is 0 Å². The second-order valence-corrected chi connectivity index (χ2v) is 4.12. The van der Waals surface area contributed by atoms with Crippen molar-refractivity contribution in [3.8, 4) is 11.5 Å². The first-order valence-electron chi connectivity index (χ1n) is 4.90. The number of halogens is 2. The number of ether oxygens (including phenoxy) is 2. The molecule has 3 nitrogen and oxygen atoms in total. The molecule has 0 spiro atoms. The monoisotopic (exact) mass is 260 g/mol. The normalized spacial score (nSPS) is 13.6. The molecule has 0 bridgehead atoms. The molecule has 16 heavy (non-hydrogen) atoms. The van der Waals surface area contributed by atoms with Gasteiger partial charge in [-0.2, -0.15) is 0 Å². The zero-order chi connectivity index (χ0) is 11.5. The minimum absolute atomic E-state index is 0.0861. The first-order valence-corrected chi connectivity index (χ1v) is 5.82. The van der Waals surface area contributed by atoms with Crippen LogP contribution in [0, 0.1) is 0 Å². The van der Waals surface area contributed by atoms with Crippen LogP contribution in [-0.4, -0.2) is 24.9 Å². The lowest BCUT2D eigenvalue weighted by Crippen LogP contribution is -2.16. The number of fused-ring (bicyclic) bond motifs is 1. The first-order chi connectivity index (χ1) is 7.72. The van der Waals surface area contributed by atoms with Gasteiger partial charge in [0.05, 0.1) is 5.02 Å². The van der Waals surface area contributed by atoms with Gasteiger partial charge in [-0.3, -0.25) is 4.79 Å². The number of hydrogen-bond donors (Lipinski definition) is 0. The van der Waals surface area contributed by atoms with Crippen molar-refractivity contribution < 1.29 is 14.3 Å². The van der Waals surface area contributed by atoms with Gasteiger partial charge in [0.15, 0.2) is 17.3 Å². The van der Waals surface area contributed by atoms with Crippen molar-refractivity contribution in [3.63, 3.8) is 0 Å². The fraction of sp³-hybridized carbons (Fsp3) is 0.364. The van der Waals surface area contributed by atoms with E-state index in [2.05, 4.69) is 0 Å². The molecule has 0 fully saturated rings. The highest BCUT2D eigenvalue weighted by molar-refractivity contribution is 6.34. The summed E-state index contributed by atoms with van der Waals surface area (Å²) >= 11 is 11.5. The maximum atomic E-state index is 11.7. The third-order valence-corrected chi connectivity index (χ3v) is 2.76. The predicted octanol–water partition coefficient (Wildman–Crippen LogP) is 2.92. The van der Waals surface area contributed by atoms with E-state index < -0.39 is 0 Å². The van der Waals surface area contributed by atoms with Gasteiger partial charge in [0, 0.05) is 23.9 Å². The number of ketones is 1. The van der Waals surface area contributed by atoms with E-state index in [4.69, 9.17) is 32.7 Å². The Labute approximate surface area is 103 Å². The summed E-state index contributed by atoms with van der Waals surface area (Å²) in [6, 6.07) is 3.23. The molecule has 1 aromatic rings. The van der Waals surface area contributed by atoms with Crippen LogP contribution in [0.2, 0.25) is 5.02 Å². The van der Waals surface area contributed by atoms with Crippen molar-refractivity contribution in [2.75, 3.05) is 19.1 Å². The Morgan fingerprint density at radius 3 is 2.50 bits per heavy atom. The van der Waals surface area contributed by atoms with Gasteiger partial charge >= 0.3 is 0 Å². The molecule has 1 heterocycles. The van der Waals surface area contributed by atoms with Crippen LogP contribution in [0.4, 0.5) is 0 Å². The van der Waals surface area contributed by atoms with E-state index in [0.29, 0.717) is 35.3 Å². The quantitative estimate of drug-likeness (QED) is 0.620. The number of benzene rings is 1. The minimum atomic E-state index is -0.0861. The van der Waals surface area contributed by atoms with Gasteiger partial charge in [-0.15, -0.1) is 11.6 Å². The van der Waals surface area contributed by atoms with Gasteiger partial charge in [-0.1, -0.05) is 11.6 Å². The number of rotatable bonds is 3. The average Bonchev–Trinajstić information content (AvgIpc) is 2.28. The number of alkyl halides is 1. The molecule has 86 valence electrons. The Kier molecular flexibility index (Phi) is 3.56. The molecule has 1 aliphatic heterocycles. The third-order valence-electron chi connectivity index (χ3n) is 2.25. The Morgan fingerprint density at radius 1 is 1.25 bits per heavy atom. The molecular weight excluding hydrogens is 251 g/mol. The Balaban J connectivity index is 2.35. The van der Waals surface area contributed by atoms with Crippen molar-refractivity contribution in [2.45, 2.75) is 6.42 Å². The van der Waals surface area contributed by atoms with Gasteiger partial charge in [-0.25, -0.2) is 0 Å². The molecule has 1 aliphatic rings. The van der Waals surface area contributed by atoms with Gasteiger partial charge in [0.2, 0.25) is 0 Å². The zero-order valence-corrected chi connectivity index (χ0v) is 9.98.